The Bertz CT molecular complexity index is 2040. The van der Waals surface area contributed by atoms with Crippen LogP contribution in [-0.2, 0) is 52.0 Å². The lowest BCUT2D eigenvalue weighted by atomic mass is 9.57. The van der Waals surface area contributed by atoms with Crippen molar-refractivity contribution in [3.05, 3.63) is 65.2 Å². The third-order valence-corrected chi connectivity index (χ3v) is 16.3. The number of sulfonamides is 1. The average molecular weight is 854 g/mol. The van der Waals surface area contributed by atoms with E-state index in [0.717, 1.165) is 55.4 Å². The van der Waals surface area contributed by atoms with E-state index < -0.39 is 39.5 Å². The SMILES string of the molecule is C[C@H]1[C@@H](CC(=O)NCc2cccc(CNC(=O)c3ccc(S(=O)(=O)NC(=O)CCCC[C@@H]4SC[C@@H]5NC(=O)N[C@@H]54)cc3)c2)O[C@@H]2O[C@]3(C)CC[C@H]4[C@H](C)CC[C@@H]1[C@@]24OO3. The van der Waals surface area contributed by atoms with Gasteiger partial charge in [0.2, 0.25) is 17.6 Å². The standard InChI is InChI=1S/C42H55N5O10S2/c1-24-11-16-31-25(2)33(54-39-42(31)30(24)17-18-41(3,55-39)56-57-42)20-36(49)43-21-26-7-6-8-27(19-26)22-44-38(50)28-12-14-29(15-13-28)59(52,53)47-35(48)10-5-4-9-34-37-32(23-58-34)45-40(51)46-37/h6-8,12-15,19,24-25,30-34,37,39H,4-5,9-11,16-18,20-23H2,1-3H3,(H,43,49)(H,44,50)(H,47,48)(H2,45,46,51)/t24-,25-,30+,31+,32+,33-,34+,37+,39-,41+,42-/m1/s1. The van der Waals surface area contributed by atoms with Gasteiger partial charge >= 0.3 is 6.03 Å². The number of amides is 5. The summed E-state index contributed by atoms with van der Waals surface area (Å²) < 4.78 is 40.9. The molecule has 15 nitrogen and oxygen atoms in total. The van der Waals surface area contributed by atoms with Crippen molar-refractivity contribution in [3.63, 3.8) is 0 Å². The van der Waals surface area contributed by atoms with Gasteiger partial charge in [0.05, 0.1) is 29.5 Å². The van der Waals surface area contributed by atoms with Gasteiger partial charge in [-0.05, 0) is 92.2 Å². The van der Waals surface area contributed by atoms with E-state index in [0.29, 0.717) is 18.9 Å². The van der Waals surface area contributed by atoms with Crippen LogP contribution in [-0.4, -0.2) is 79.0 Å². The Labute approximate surface area is 349 Å². The van der Waals surface area contributed by atoms with Gasteiger partial charge in [0.1, 0.15) is 0 Å². The van der Waals surface area contributed by atoms with Gasteiger partial charge < -0.3 is 30.7 Å². The lowest BCUT2D eigenvalue weighted by Gasteiger charge is -2.60. The van der Waals surface area contributed by atoms with Crippen molar-refractivity contribution in [2.45, 2.75) is 138 Å². The van der Waals surface area contributed by atoms with Crippen LogP contribution >= 0.6 is 11.8 Å². The van der Waals surface area contributed by atoms with Crippen molar-refractivity contribution in [2.24, 2.45) is 23.7 Å². The Balaban J connectivity index is 0.773. The normalized spacial score (nSPS) is 34.4. The molecule has 2 aromatic carbocycles. The van der Waals surface area contributed by atoms with E-state index in [1.807, 2.05) is 31.2 Å². The molecule has 1 spiro atoms. The molecule has 5 amide bonds. The van der Waals surface area contributed by atoms with Gasteiger partial charge in [-0.15, -0.1) is 0 Å². The molecule has 2 aromatic rings. The van der Waals surface area contributed by atoms with Crippen molar-refractivity contribution < 1.29 is 46.8 Å². The zero-order valence-electron chi connectivity index (χ0n) is 33.7. The Morgan fingerprint density at radius 2 is 1.68 bits per heavy atom. The number of carbonyl (C=O) groups is 4. The molecule has 17 heteroatoms. The highest BCUT2D eigenvalue weighted by Crippen LogP contribution is 2.60. The van der Waals surface area contributed by atoms with Gasteiger partial charge in [-0.3, -0.25) is 14.4 Å². The second kappa shape index (κ2) is 17.0. The zero-order valence-corrected chi connectivity index (χ0v) is 35.3. The molecular formula is C42H55N5O10S2. The molecule has 6 saturated heterocycles. The van der Waals surface area contributed by atoms with Gasteiger partial charge in [-0.2, -0.15) is 11.8 Å². The van der Waals surface area contributed by atoms with Gasteiger partial charge in [0.25, 0.3) is 15.9 Å². The van der Waals surface area contributed by atoms with Crippen molar-refractivity contribution in [2.75, 3.05) is 5.75 Å². The first-order valence-corrected chi connectivity index (χ1v) is 23.4. The summed E-state index contributed by atoms with van der Waals surface area (Å²) in [6, 6.07) is 13.0. The van der Waals surface area contributed by atoms with Crippen LogP contribution < -0.4 is 26.0 Å². The van der Waals surface area contributed by atoms with Crippen LogP contribution in [0.15, 0.2) is 53.4 Å². The molecule has 5 N–H and O–H groups in total. The maximum atomic E-state index is 13.3. The highest BCUT2D eigenvalue weighted by molar-refractivity contribution is 8.00. The second-order valence-electron chi connectivity index (χ2n) is 17.3. The maximum Gasteiger partial charge on any atom is 0.315 e. The second-order valence-corrected chi connectivity index (χ2v) is 20.3. The Morgan fingerprint density at radius 3 is 2.46 bits per heavy atom. The number of fused-ring (bicyclic) bond motifs is 3. The number of benzene rings is 2. The fraction of sp³-hybridized carbons (Fsp3) is 0.619. The number of urea groups is 1. The van der Waals surface area contributed by atoms with Crippen LogP contribution in [0.25, 0.3) is 0 Å². The number of thioether (sulfide) groups is 1. The number of carbonyl (C=O) groups excluding carboxylic acids is 4. The largest absolute Gasteiger partial charge is 0.352 e. The first-order valence-electron chi connectivity index (χ1n) is 20.9. The monoisotopic (exact) mass is 853 g/mol. The number of nitrogens with one attached hydrogen (secondary N) is 5. The molecule has 7 fully saturated rings. The summed E-state index contributed by atoms with van der Waals surface area (Å²) in [4.78, 5) is 62.4. The molecule has 1 saturated carbocycles. The molecule has 0 radical (unpaired) electrons. The first kappa shape index (κ1) is 42.0. The molecule has 0 unspecified atom stereocenters. The molecule has 9 rings (SSSR count). The molecule has 7 aliphatic rings. The van der Waals surface area contributed by atoms with E-state index >= 15 is 0 Å². The molecule has 11 atom stereocenters. The predicted octanol–water partition coefficient (Wildman–Crippen LogP) is 4.40. The summed E-state index contributed by atoms with van der Waals surface area (Å²) in [6.07, 6.45) is 5.12. The number of ether oxygens (including phenoxy) is 2. The highest BCUT2D eigenvalue weighted by atomic mass is 32.2. The molecule has 320 valence electrons. The first-order chi connectivity index (χ1) is 28.2. The molecule has 6 heterocycles. The maximum absolute atomic E-state index is 13.3. The minimum Gasteiger partial charge on any atom is -0.352 e. The van der Waals surface area contributed by atoms with Crippen LogP contribution in [0.3, 0.4) is 0 Å². The average Bonchev–Trinajstić information content (AvgIpc) is 3.67. The Morgan fingerprint density at radius 1 is 0.915 bits per heavy atom. The van der Waals surface area contributed by atoms with E-state index in [4.69, 9.17) is 19.2 Å². The molecule has 59 heavy (non-hydrogen) atoms. The number of unbranched alkanes of at least 4 members (excludes halogenated alkanes) is 1. The summed E-state index contributed by atoms with van der Waals surface area (Å²) in [5.74, 6) is -0.210. The smallest absolute Gasteiger partial charge is 0.315 e. The number of hydrogen-bond donors (Lipinski definition) is 5. The third-order valence-electron chi connectivity index (χ3n) is 13.4. The fourth-order valence-electron chi connectivity index (χ4n) is 10.1. The minimum atomic E-state index is -4.11. The van der Waals surface area contributed by atoms with Crippen molar-refractivity contribution in [3.8, 4) is 0 Å². The summed E-state index contributed by atoms with van der Waals surface area (Å²) in [5.41, 5.74) is 1.29. The van der Waals surface area contributed by atoms with Crippen molar-refractivity contribution in [1.29, 1.82) is 0 Å². The minimum absolute atomic E-state index is 0.0568. The summed E-state index contributed by atoms with van der Waals surface area (Å²) in [7, 11) is -4.11. The summed E-state index contributed by atoms with van der Waals surface area (Å²) >= 11 is 1.79. The predicted molar refractivity (Wildman–Crippen MR) is 217 cm³/mol. The lowest BCUT2D eigenvalue weighted by Crippen LogP contribution is -2.70. The van der Waals surface area contributed by atoms with Crippen LogP contribution in [0.5, 0.6) is 0 Å². The fourth-order valence-corrected chi connectivity index (χ4v) is 12.7. The van der Waals surface area contributed by atoms with Crippen molar-refractivity contribution in [1.82, 2.24) is 26.0 Å². The van der Waals surface area contributed by atoms with Crippen LogP contribution in [0.1, 0.15) is 100 Å². The van der Waals surface area contributed by atoms with Crippen LogP contribution in [0, 0.1) is 23.7 Å². The summed E-state index contributed by atoms with van der Waals surface area (Å²) in [5, 5.41) is 12.0. The molecular weight excluding hydrogens is 799 g/mol. The molecule has 6 aliphatic heterocycles. The lowest BCUT2D eigenvalue weighted by molar-refractivity contribution is -0.570. The van der Waals surface area contributed by atoms with Gasteiger partial charge in [0.15, 0.2) is 11.9 Å². The molecule has 1 aliphatic carbocycles. The van der Waals surface area contributed by atoms with E-state index in [1.54, 1.807) is 11.8 Å². The van der Waals surface area contributed by atoms with Crippen molar-refractivity contribution >= 4 is 45.5 Å². The molecule has 2 bridgehead atoms. The molecule has 0 aromatic heterocycles. The summed E-state index contributed by atoms with van der Waals surface area (Å²) in [6.45, 7) is 6.82. The van der Waals surface area contributed by atoms with E-state index in [9.17, 15) is 27.6 Å². The Kier molecular flexibility index (Phi) is 12.1. The van der Waals surface area contributed by atoms with Crippen LogP contribution in [0.4, 0.5) is 4.79 Å². The highest BCUT2D eigenvalue weighted by Gasteiger charge is 2.69. The number of rotatable bonds is 14. The van der Waals surface area contributed by atoms with E-state index in [1.165, 1.54) is 24.3 Å². The Hall–Kier alpha value is -3.74. The van der Waals surface area contributed by atoms with Crippen LogP contribution in [0.2, 0.25) is 0 Å². The van der Waals surface area contributed by atoms with E-state index in [-0.39, 0.29) is 83.0 Å². The quantitative estimate of drug-likeness (QED) is 0.103. The van der Waals surface area contributed by atoms with Gasteiger partial charge in [0, 0.05) is 48.4 Å². The van der Waals surface area contributed by atoms with E-state index in [2.05, 4.69) is 39.8 Å². The topological polar surface area (TPSA) is 199 Å². The number of hydrogen-bond acceptors (Lipinski definition) is 11. The third kappa shape index (κ3) is 8.73. The van der Waals surface area contributed by atoms with Gasteiger partial charge in [-0.25, -0.2) is 27.7 Å². The zero-order chi connectivity index (χ0) is 41.5. The van der Waals surface area contributed by atoms with Gasteiger partial charge in [-0.1, -0.05) is 44.5 Å².